The molecular formula is C16H16N2O2S. The average molecular weight is 300 g/mol. The molecule has 1 aromatic heterocycles. The third kappa shape index (κ3) is 4.17. The molecule has 0 saturated carbocycles. The van der Waals surface area contributed by atoms with Crippen LogP contribution in [0, 0.1) is 11.8 Å². The molecule has 0 aliphatic rings. The van der Waals surface area contributed by atoms with Crippen LogP contribution < -0.4 is 11.1 Å². The second-order valence-electron chi connectivity index (χ2n) is 4.26. The van der Waals surface area contributed by atoms with Crippen LogP contribution in [-0.2, 0) is 11.3 Å². The number of hydrogen-bond acceptors (Lipinski definition) is 4. The summed E-state index contributed by atoms with van der Waals surface area (Å²) in [4.78, 5) is 12.9. The Morgan fingerprint density at radius 2 is 2.29 bits per heavy atom. The van der Waals surface area contributed by atoms with E-state index in [-0.39, 0.29) is 12.5 Å². The van der Waals surface area contributed by atoms with Crippen LogP contribution in [0.2, 0.25) is 0 Å². The molecule has 0 aliphatic carbocycles. The fourth-order valence-electron chi connectivity index (χ4n) is 1.82. The molecule has 0 atom stereocenters. The van der Waals surface area contributed by atoms with Crippen molar-refractivity contribution >= 4 is 22.9 Å². The summed E-state index contributed by atoms with van der Waals surface area (Å²) in [6.45, 7) is 0.784. The topological polar surface area (TPSA) is 64.3 Å². The molecule has 0 bridgehead atoms. The van der Waals surface area contributed by atoms with Crippen molar-refractivity contribution in [3.63, 3.8) is 0 Å². The second kappa shape index (κ2) is 7.60. The minimum absolute atomic E-state index is 0.166. The molecule has 1 aromatic carbocycles. The van der Waals surface area contributed by atoms with Crippen molar-refractivity contribution in [3.05, 3.63) is 51.7 Å². The number of anilines is 1. The molecular weight excluding hydrogens is 284 g/mol. The molecule has 108 valence electrons. The van der Waals surface area contributed by atoms with Gasteiger partial charge in [-0.05, 0) is 29.1 Å². The molecule has 0 aliphatic heterocycles. The quantitative estimate of drug-likeness (QED) is 0.853. The highest BCUT2D eigenvalue weighted by Gasteiger charge is 2.12. The Kier molecular flexibility index (Phi) is 5.52. The lowest BCUT2D eigenvalue weighted by atomic mass is 10.2. The number of nitrogens with one attached hydrogen (secondary N) is 1. The first kappa shape index (κ1) is 15.3. The van der Waals surface area contributed by atoms with Crippen molar-refractivity contribution < 1.29 is 9.53 Å². The number of nitrogens with two attached hydrogens (primary N) is 1. The Bertz CT molecular complexity index is 683. The van der Waals surface area contributed by atoms with Gasteiger partial charge < -0.3 is 15.8 Å². The van der Waals surface area contributed by atoms with E-state index in [2.05, 4.69) is 17.2 Å². The first-order valence-corrected chi connectivity index (χ1v) is 7.28. The Morgan fingerprint density at radius 3 is 3.05 bits per heavy atom. The number of benzene rings is 1. The maximum absolute atomic E-state index is 12.3. The van der Waals surface area contributed by atoms with Crippen LogP contribution in [0.5, 0.6) is 0 Å². The van der Waals surface area contributed by atoms with Gasteiger partial charge in [0.1, 0.15) is 4.88 Å². The Labute approximate surface area is 127 Å². The van der Waals surface area contributed by atoms with Crippen molar-refractivity contribution in [1.82, 2.24) is 0 Å². The number of thiophene rings is 1. The molecule has 1 heterocycles. The number of carbonyl (C=O) groups is 1. The van der Waals surface area contributed by atoms with Gasteiger partial charge in [-0.2, -0.15) is 0 Å². The predicted octanol–water partition coefficient (Wildman–Crippen LogP) is 2.46. The fraction of sp³-hybridized carbons (Fsp3) is 0.188. The highest BCUT2D eigenvalue weighted by molar-refractivity contribution is 7.12. The summed E-state index contributed by atoms with van der Waals surface area (Å²) in [7, 11) is 1.64. The lowest BCUT2D eigenvalue weighted by molar-refractivity contribution is 0.103. The SMILES string of the molecule is COCc1cccc(NC(=O)c2sccc2C#CCN)c1. The van der Waals surface area contributed by atoms with Crippen molar-refractivity contribution in [3.8, 4) is 11.8 Å². The zero-order valence-electron chi connectivity index (χ0n) is 11.7. The highest BCUT2D eigenvalue weighted by atomic mass is 32.1. The van der Waals surface area contributed by atoms with Gasteiger partial charge in [-0.3, -0.25) is 4.79 Å². The third-order valence-corrected chi connectivity index (χ3v) is 3.61. The molecule has 1 amide bonds. The van der Waals surface area contributed by atoms with Gasteiger partial charge in [0.25, 0.3) is 5.91 Å². The van der Waals surface area contributed by atoms with E-state index in [0.29, 0.717) is 17.0 Å². The average Bonchev–Trinajstić information content (AvgIpc) is 2.94. The Morgan fingerprint density at radius 1 is 1.43 bits per heavy atom. The Hall–Kier alpha value is -2.13. The minimum atomic E-state index is -0.166. The molecule has 0 unspecified atom stereocenters. The minimum Gasteiger partial charge on any atom is -0.380 e. The summed E-state index contributed by atoms with van der Waals surface area (Å²) in [5, 5.41) is 4.72. The number of carbonyl (C=O) groups excluding carboxylic acids is 1. The van der Waals surface area contributed by atoms with E-state index in [1.54, 1.807) is 7.11 Å². The maximum Gasteiger partial charge on any atom is 0.267 e. The van der Waals surface area contributed by atoms with Crippen LogP contribution in [0.3, 0.4) is 0 Å². The van der Waals surface area contributed by atoms with E-state index >= 15 is 0 Å². The molecule has 0 radical (unpaired) electrons. The van der Waals surface area contributed by atoms with Crippen molar-refractivity contribution in [1.29, 1.82) is 0 Å². The van der Waals surface area contributed by atoms with E-state index in [9.17, 15) is 4.79 Å². The van der Waals surface area contributed by atoms with Gasteiger partial charge in [0.15, 0.2) is 0 Å². The molecule has 21 heavy (non-hydrogen) atoms. The third-order valence-electron chi connectivity index (χ3n) is 2.69. The van der Waals surface area contributed by atoms with Crippen LogP contribution in [-0.4, -0.2) is 19.6 Å². The Balaban J connectivity index is 2.15. The van der Waals surface area contributed by atoms with E-state index in [0.717, 1.165) is 11.3 Å². The van der Waals surface area contributed by atoms with Crippen LogP contribution in [0.25, 0.3) is 0 Å². The molecule has 0 spiro atoms. The first-order valence-electron chi connectivity index (χ1n) is 6.40. The lowest BCUT2D eigenvalue weighted by Gasteiger charge is -2.06. The monoisotopic (exact) mass is 300 g/mol. The largest absolute Gasteiger partial charge is 0.380 e. The van der Waals surface area contributed by atoms with Gasteiger partial charge in [-0.15, -0.1) is 11.3 Å². The fourth-order valence-corrected chi connectivity index (χ4v) is 2.57. The van der Waals surface area contributed by atoms with Crippen molar-refractivity contribution in [2.45, 2.75) is 6.61 Å². The predicted molar refractivity (Wildman–Crippen MR) is 85.4 cm³/mol. The summed E-state index contributed by atoms with van der Waals surface area (Å²) < 4.78 is 5.08. The van der Waals surface area contributed by atoms with Crippen molar-refractivity contribution in [2.75, 3.05) is 19.0 Å². The van der Waals surface area contributed by atoms with E-state index in [4.69, 9.17) is 10.5 Å². The van der Waals surface area contributed by atoms with Crippen LogP contribution in [0.15, 0.2) is 35.7 Å². The second-order valence-corrected chi connectivity index (χ2v) is 5.17. The smallest absolute Gasteiger partial charge is 0.267 e. The zero-order chi connectivity index (χ0) is 15.1. The number of amides is 1. The van der Waals surface area contributed by atoms with Gasteiger partial charge in [0.2, 0.25) is 0 Å². The highest BCUT2D eigenvalue weighted by Crippen LogP contribution is 2.19. The van der Waals surface area contributed by atoms with Crippen LogP contribution in [0.1, 0.15) is 20.8 Å². The number of ether oxygens (including phenoxy) is 1. The summed E-state index contributed by atoms with van der Waals surface area (Å²) >= 11 is 1.36. The van der Waals surface area contributed by atoms with E-state index in [1.807, 2.05) is 35.7 Å². The van der Waals surface area contributed by atoms with Crippen LogP contribution >= 0.6 is 11.3 Å². The maximum atomic E-state index is 12.3. The number of methoxy groups -OCH3 is 1. The van der Waals surface area contributed by atoms with E-state index < -0.39 is 0 Å². The molecule has 2 rings (SSSR count). The number of rotatable bonds is 4. The first-order chi connectivity index (χ1) is 10.2. The number of hydrogen-bond donors (Lipinski definition) is 2. The molecule has 4 nitrogen and oxygen atoms in total. The zero-order valence-corrected chi connectivity index (χ0v) is 12.5. The standard InChI is InChI=1S/C16H16N2O2S/c1-20-11-12-4-2-6-14(10-12)18-16(19)15-13(5-3-8-17)7-9-21-15/h2,4,6-7,9-10H,8,11,17H2,1H3,(H,18,19). The molecule has 2 aromatic rings. The summed E-state index contributed by atoms with van der Waals surface area (Å²) in [6, 6.07) is 9.38. The lowest BCUT2D eigenvalue weighted by Crippen LogP contribution is -2.11. The van der Waals surface area contributed by atoms with Gasteiger partial charge in [-0.25, -0.2) is 0 Å². The van der Waals surface area contributed by atoms with Crippen molar-refractivity contribution in [2.24, 2.45) is 5.73 Å². The molecule has 0 fully saturated rings. The normalized spacial score (nSPS) is 9.81. The van der Waals surface area contributed by atoms with Gasteiger partial charge in [-0.1, -0.05) is 24.0 Å². The molecule has 3 N–H and O–H groups in total. The van der Waals surface area contributed by atoms with E-state index in [1.165, 1.54) is 11.3 Å². The van der Waals surface area contributed by atoms with Gasteiger partial charge in [0.05, 0.1) is 13.2 Å². The summed E-state index contributed by atoms with van der Waals surface area (Å²) in [5.74, 6) is 5.50. The van der Waals surface area contributed by atoms with Gasteiger partial charge in [0, 0.05) is 18.4 Å². The van der Waals surface area contributed by atoms with Gasteiger partial charge >= 0.3 is 0 Å². The summed E-state index contributed by atoms with van der Waals surface area (Å²) in [6.07, 6.45) is 0. The molecule has 0 saturated heterocycles. The molecule has 5 heteroatoms. The van der Waals surface area contributed by atoms with Crippen LogP contribution in [0.4, 0.5) is 5.69 Å². The summed E-state index contributed by atoms with van der Waals surface area (Å²) in [5.41, 5.74) is 7.80.